The number of methoxy groups -OCH3 is 3. The molecule has 0 atom stereocenters. The van der Waals surface area contributed by atoms with Crippen LogP contribution in [0.25, 0.3) is 0 Å². The highest BCUT2D eigenvalue weighted by Crippen LogP contribution is 2.37. The van der Waals surface area contributed by atoms with E-state index in [1.807, 2.05) is 37.3 Å². The first kappa shape index (κ1) is 16.2. The van der Waals surface area contributed by atoms with E-state index in [-0.39, 0.29) is 0 Å². The summed E-state index contributed by atoms with van der Waals surface area (Å²) in [6.45, 7) is 1.95. The van der Waals surface area contributed by atoms with E-state index in [9.17, 15) is 0 Å². The van der Waals surface area contributed by atoms with Gasteiger partial charge in [-0.3, -0.25) is 4.99 Å². The molecule has 0 radical (unpaired) electrons. The first-order valence-corrected chi connectivity index (χ1v) is 7.07. The number of halogens is 1. The number of ether oxygens (including phenoxy) is 3. The van der Waals surface area contributed by atoms with Crippen LogP contribution in [0.1, 0.15) is 11.1 Å². The van der Waals surface area contributed by atoms with Gasteiger partial charge in [0.2, 0.25) is 5.75 Å². The predicted octanol–water partition coefficient (Wildman–Crippen LogP) is 4.42. The minimum atomic E-state index is 0.556. The van der Waals surface area contributed by atoms with E-state index in [2.05, 4.69) is 4.99 Å². The van der Waals surface area contributed by atoms with Crippen LogP contribution in [0.3, 0.4) is 0 Å². The lowest BCUT2D eigenvalue weighted by molar-refractivity contribution is 0.324. The molecule has 22 heavy (non-hydrogen) atoms. The minimum absolute atomic E-state index is 0.556. The Bertz CT molecular complexity index is 673. The predicted molar refractivity (Wildman–Crippen MR) is 89.5 cm³/mol. The van der Waals surface area contributed by atoms with Crippen molar-refractivity contribution in [1.29, 1.82) is 0 Å². The van der Waals surface area contributed by atoms with Crippen molar-refractivity contribution >= 4 is 23.5 Å². The van der Waals surface area contributed by atoms with Gasteiger partial charge in [-0.05, 0) is 36.8 Å². The molecule has 2 rings (SSSR count). The molecule has 2 aromatic rings. The number of aryl methyl sites for hydroxylation is 1. The molecule has 0 unspecified atom stereocenters. The van der Waals surface area contributed by atoms with E-state index in [1.54, 1.807) is 27.5 Å². The summed E-state index contributed by atoms with van der Waals surface area (Å²) >= 11 is 6.10. The van der Waals surface area contributed by atoms with Gasteiger partial charge in [0.25, 0.3) is 0 Å². The fourth-order valence-electron chi connectivity index (χ4n) is 1.99. The van der Waals surface area contributed by atoms with Gasteiger partial charge in [-0.1, -0.05) is 17.7 Å². The molecule has 0 heterocycles. The van der Waals surface area contributed by atoms with Crippen LogP contribution in [0.4, 0.5) is 5.69 Å². The lowest BCUT2D eigenvalue weighted by atomic mass is 10.2. The third-order valence-corrected chi connectivity index (χ3v) is 3.61. The lowest BCUT2D eigenvalue weighted by Crippen LogP contribution is -1.96. The second-order valence-electron chi connectivity index (χ2n) is 4.65. The summed E-state index contributed by atoms with van der Waals surface area (Å²) in [4.78, 5) is 4.42. The maximum absolute atomic E-state index is 6.10. The number of benzene rings is 2. The van der Waals surface area contributed by atoms with E-state index in [4.69, 9.17) is 25.8 Å². The van der Waals surface area contributed by atoms with Gasteiger partial charge in [-0.15, -0.1) is 0 Å². The average Bonchev–Trinajstić information content (AvgIpc) is 2.54. The summed E-state index contributed by atoms with van der Waals surface area (Å²) in [5.41, 5.74) is 2.64. The van der Waals surface area contributed by atoms with Crippen molar-refractivity contribution in [3.63, 3.8) is 0 Å². The normalized spacial score (nSPS) is 10.8. The van der Waals surface area contributed by atoms with Crippen molar-refractivity contribution in [2.45, 2.75) is 6.92 Å². The molecule has 0 aliphatic rings. The highest BCUT2D eigenvalue weighted by Gasteiger charge is 2.12. The Hall–Kier alpha value is -2.20. The number of nitrogens with zero attached hydrogens (tertiary/aromatic N) is 1. The standard InChI is InChI=1S/C17H18ClNO3/c1-11-5-6-13(9-14(11)18)19-10-12-7-15(20-2)17(22-4)16(8-12)21-3/h5-10H,1-4H3. The Kier molecular flexibility index (Phi) is 5.28. The van der Waals surface area contributed by atoms with E-state index in [0.717, 1.165) is 16.8 Å². The Morgan fingerprint density at radius 3 is 2.09 bits per heavy atom. The van der Waals surface area contributed by atoms with Gasteiger partial charge in [0.15, 0.2) is 11.5 Å². The van der Waals surface area contributed by atoms with Crippen LogP contribution in [0.2, 0.25) is 5.02 Å². The molecule has 0 spiro atoms. The van der Waals surface area contributed by atoms with E-state index in [1.165, 1.54) is 0 Å². The molecule has 0 saturated carbocycles. The van der Waals surface area contributed by atoms with Gasteiger partial charge >= 0.3 is 0 Å². The molecule has 0 aromatic heterocycles. The molecule has 0 amide bonds. The van der Waals surface area contributed by atoms with Crippen LogP contribution in [-0.4, -0.2) is 27.5 Å². The van der Waals surface area contributed by atoms with E-state index >= 15 is 0 Å². The second kappa shape index (κ2) is 7.18. The van der Waals surface area contributed by atoms with Crippen LogP contribution in [-0.2, 0) is 0 Å². The Morgan fingerprint density at radius 2 is 1.59 bits per heavy atom. The summed E-state index contributed by atoms with van der Waals surface area (Å²) in [5.74, 6) is 1.73. The van der Waals surface area contributed by atoms with Gasteiger partial charge in [0, 0.05) is 16.8 Å². The fourth-order valence-corrected chi connectivity index (χ4v) is 2.16. The van der Waals surface area contributed by atoms with Crippen molar-refractivity contribution in [2.75, 3.05) is 21.3 Å². The van der Waals surface area contributed by atoms with Crippen LogP contribution in [0.15, 0.2) is 35.3 Å². The highest BCUT2D eigenvalue weighted by molar-refractivity contribution is 6.31. The van der Waals surface area contributed by atoms with Crippen molar-refractivity contribution in [2.24, 2.45) is 4.99 Å². The van der Waals surface area contributed by atoms with Crippen LogP contribution in [0.5, 0.6) is 17.2 Å². The van der Waals surface area contributed by atoms with Gasteiger partial charge in [-0.2, -0.15) is 0 Å². The van der Waals surface area contributed by atoms with Gasteiger partial charge in [-0.25, -0.2) is 0 Å². The van der Waals surface area contributed by atoms with Gasteiger partial charge in [0.1, 0.15) is 0 Å². The smallest absolute Gasteiger partial charge is 0.203 e. The van der Waals surface area contributed by atoms with Crippen molar-refractivity contribution in [1.82, 2.24) is 0 Å². The molecule has 0 aliphatic heterocycles. The molecule has 0 bridgehead atoms. The summed E-state index contributed by atoms with van der Waals surface area (Å²) < 4.78 is 15.9. The van der Waals surface area contributed by atoms with Gasteiger partial charge in [0.05, 0.1) is 27.0 Å². The molecular formula is C17H18ClNO3. The molecule has 0 aliphatic carbocycles. The number of rotatable bonds is 5. The summed E-state index contributed by atoms with van der Waals surface area (Å²) in [7, 11) is 4.73. The topological polar surface area (TPSA) is 40.0 Å². The summed E-state index contributed by atoms with van der Waals surface area (Å²) in [6, 6.07) is 9.34. The third-order valence-electron chi connectivity index (χ3n) is 3.21. The molecule has 5 heteroatoms. The second-order valence-corrected chi connectivity index (χ2v) is 5.06. The van der Waals surface area contributed by atoms with Crippen LogP contribution >= 0.6 is 11.6 Å². The monoisotopic (exact) mass is 319 g/mol. The molecule has 0 saturated heterocycles. The maximum atomic E-state index is 6.10. The minimum Gasteiger partial charge on any atom is -0.493 e. The number of hydrogen-bond acceptors (Lipinski definition) is 4. The number of hydrogen-bond donors (Lipinski definition) is 0. The first-order valence-electron chi connectivity index (χ1n) is 6.69. The molecular weight excluding hydrogens is 302 g/mol. The van der Waals surface area contributed by atoms with Crippen LogP contribution in [0, 0.1) is 6.92 Å². The SMILES string of the molecule is COc1cc(C=Nc2ccc(C)c(Cl)c2)cc(OC)c1OC. The third kappa shape index (κ3) is 3.52. The molecule has 0 fully saturated rings. The van der Waals surface area contributed by atoms with E-state index in [0.29, 0.717) is 22.3 Å². The van der Waals surface area contributed by atoms with Crippen LogP contribution < -0.4 is 14.2 Å². The Balaban J connectivity index is 2.36. The summed E-state index contributed by atoms with van der Waals surface area (Å²) in [6.07, 6.45) is 1.73. The molecule has 0 N–H and O–H groups in total. The maximum Gasteiger partial charge on any atom is 0.203 e. The molecule has 116 valence electrons. The van der Waals surface area contributed by atoms with Crippen molar-refractivity contribution < 1.29 is 14.2 Å². The van der Waals surface area contributed by atoms with Crippen molar-refractivity contribution in [3.8, 4) is 17.2 Å². The van der Waals surface area contributed by atoms with Crippen molar-refractivity contribution in [3.05, 3.63) is 46.5 Å². The zero-order chi connectivity index (χ0) is 16.1. The highest BCUT2D eigenvalue weighted by atomic mass is 35.5. The van der Waals surface area contributed by atoms with E-state index < -0.39 is 0 Å². The average molecular weight is 320 g/mol. The zero-order valence-corrected chi connectivity index (χ0v) is 13.8. The van der Waals surface area contributed by atoms with Gasteiger partial charge < -0.3 is 14.2 Å². The Labute approximate surface area is 135 Å². The lowest BCUT2D eigenvalue weighted by Gasteiger charge is -2.12. The summed E-state index contributed by atoms with van der Waals surface area (Å²) in [5, 5.41) is 0.694. The molecule has 2 aromatic carbocycles. The fraction of sp³-hybridized carbons (Fsp3) is 0.235. The largest absolute Gasteiger partial charge is 0.493 e. The first-order chi connectivity index (χ1) is 10.6. The zero-order valence-electron chi connectivity index (χ0n) is 13.0. The molecule has 4 nitrogen and oxygen atoms in total. The quantitative estimate of drug-likeness (QED) is 0.766. The Morgan fingerprint density at radius 1 is 0.955 bits per heavy atom. The number of aliphatic imine (C=N–C) groups is 1.